The van der Waals surface area contributed by atoms with Crippen molar-refractivity contribution >= 4 is 29.5 Å². The van der Waals surface area contributed by atoms with Crippen LogP contribution in [0.4, 0.5) is 16.6 Å². The molecule has 1 aliphatic heterocycles. The molecule has 1 fully saturated rings. The Morgan fingerprint density at radius 3 is 2.61 bits per heavy atom. The van der Waals surface area contributed by atoms with E-state index < -0.39 is 6.16 Å². The zero-order valence-electron chi connectivity index (χ0n) is 19.3. The number of nitrogens with one attached hydrogen (secondary N) is 1. The van der Waals surface area contributed by atoms with E-state index in [1.807, 2.05) is 19.9 Å². The summed E-state index contributed by atoms with van der Waals surface area (Å²) >= 11 is 6.28. The molecule has 2 aromatic rings. The molecule has 0 spiro atoms. The lowest BCUT2D eigenvalue weighted by atomic mass is 10.0. The Labute approximate surface area is 198 Å². The summed E-state index contributed by atoms with van der Waals surface area (Å²) < 4.78 is 16.1. The second-order valence-corrected chi connectivity index (χ2v) is 8.25. The van der Waals surface area contributed by atoms with E-state index in [-0.39, 0.29) is 24.4 Å². The number of anilines is 2. The number of hydrogen-bond donors (Lipinski definition) is 2. The Kier molecular flexibility index (Phi) is 8.40. The van der Waals surface area contributed by atoms with E-state index in [1.165, 1.54) is 6.20 Å². The number of hydroxylamine groups is 2. The van der Waals surface area contributed by atoms with E-state index in [9.17, 15) is 4.79 Å². The van der Waals surface area contributed by atoms with Gasteiger partial charge in [0, 0.05) is 30.8 Å². The number of ether oxygens (including phenoxy) is 3. The van der Waals surface area contributed by atoms with Crippen molar-refractivity contribution in [2.75, 3.05) is 37.9 Å². The van der Waals surface area contributed by atoms with Gasteiger partial charge in [0.05, 0.1) is 24.9 Å². The molecule has 1 saturated heterocycles. The Morgan fingerprint density at radius 2 is 2.00 bits per heavy atom. The first-order valence-electron chi connectivity index (χ1n) is 10.8. The van der Waals surface area contributed by atoms with Gasteiger partial charge in [-0.1, -0.05) is 25.4 Å². The van der Waals surface area contributed by atoms with Crippen LogP contribution in [0.3, 0.4) is 0 Å². The van der Waals surface area contributed by atoms with Gasteiger partial charge >= 0.3 is 6.16 Å². The van der Waals surface area contributed by atoms with Crippen LogP contribution >= 0.6 is 11.6 Å². The minimum absolute atomic E-state index is 0.117. The SMILES string of the molecule is CCOC(=O)ON1CCC(Nc2ncc(Oc3cc(Cl)c(OC)cc3C(C)C)c(N)n2)CC1. The summed E-state index contributed by atoms with van der Waals surface area (Å²) in [5.74, 6) is 2.27. The van der Waals surface area contributed by atoms with Gasteiger partial charge in [-0.3, -0.25) is 0 Å². The lowest BCUT2D eigenvalue weighted by Gasteiger charge is -2.30. The molecule has 0 amide bonds. The topological polar surface area (TPSA) is 121 Å². The number of nitrogens with two attached hydrogens (primary N) is 1. The van der Waals surface area contributed by atoms with Gasteiger partial charge in [-0.15, -0.1) is 5.06 Å². The minimum Gasteiger partial charge on any atom is -0.495 e. The van der Waals surface area contributed by atoms with Crippen LogP contribution in [0.1, 0.15) is 45.1 Å². The van der Waals surface area contributed by atoms with Crippen LogP contribution in [0.2, 0.25) is 5.02 Å². The summed E-state index contributed by atoms with van der Waals surface area (Å²) in [5.41, 5.74) is 7.07. The first-order valence-corrected chi connectivity index (χ1v) is 11.2. The first kappa shape index (κ1) is 24.7. The zero-order chi connectivity index (χ0) is 24.0. The van der Waals surface area contributed by atoms with E-state index in [1.54, 1.807) is 25.2 Å². The summed E-state index contributed by atoms with van der Waals surface area (Å²) in [4.78, 5) is 25.3. The van der Waals surface area contributed by atoms with Gasteiger partial charge in [0.2, 0.25) is 5.95 Å². The van der Waals surface area contributed by atoms with Crippen molar-refractivity contribution in [1.29, 1.82) is 0 Å². The molecule has 0 saturated carbocycles. The number of halogens is 1. The number of rotatable bonds is 8. The van der Waals surface area contributed by atoms with Gasteiger partial charge in [-0.25, -0.2) is 9.78 Å². The van der Waals surface area contributed by atoms with Crippen molar-refractivity contribution < 1.29 is 23.8 Å². The Balaban J connectivity index is 1.62. The highest BCUT2D eigenvalue weighted by Gasteiger charge is 2.23. The third kappa shape index (κ3) is 6.52. The predicted octanol–water partition coefficient (Wildman–Crippen LogP) is 4.60. The highest BCUT2D eigenvalue weighted by atomic mass is 35.5. The highest BCUT2D eigenvalue weighted by molar-refractivity contribution is 6.32. The number of carbonyl (C=O) groups is 1. The van der Waals surface area contributed by atoms with Crippen LogP contribution in [-0.2, 0) is 9.57 Å². The normalized spacial score (nSPS) is 14.7. The second kappa shape index (κ2) is 11.2. The average molecular weight is 480 g/mol. The molecule has 180 valence electrons. The number of piperidine rings is 1. The third-order valence-electron chi connectivity index (χ3n) is 5.16. The molecule has 3 N–H and O–H groups in total. The number of methoxy groups -OCH3 is 1. The van der Waals surface area contributed by atoms with Gasteiger partial charge in [-0.2, -0.15) is 4.98 Å². The van der Waals surface area contributed by atoms with E-state index in [0.717, 1.165) is 18.4 Å². The van der Waals surface area contributed by atoms with Crippen LogP contribution < -0.4 is 20.5 Å². The molecular weight excluding hydrogens is 450 g/mol. The molecule has 10 nitrogen and oxygen atoms in total. The molecule has 0 aliphatic carbocycles. The summed E-state index contributed by atoms with van der Waals surface area (Å²) in [6.07, 6.45) is 2.33. The second-order valence-electron chi connectivity index (χ2n) is 7.85. The maximum atomic E-state index is 11.4. The maximum Gasteiger partial charge on any atom is 0.527 e. The van der Waals surface area contributed by atoms with Crippen molar-refractivity contribution in [1.82, 2.24) is 15.0 Å². The van der Waals surface area contributed by atoms with E-state index in [0.29, 0.717) is 41.3 Å². The molecule has 3 rings (SSSR count). The summed E-state index contributed by atoms with van der Waals surface area (Å²) in [6, 6.07) is 3.67. The molecule has 11 heteroatoms. The minimum atomic E-state index is -0.686. The van der Waals surface area contributed by atoms with Crippen molar-refractivity contribution in [3.63, 3.8) is 0 Å². The summed E-state index contributed by atoms with van der Waals surface area (Å²) in [7, 11) is 1.57. The number of benzene rings is 1. The molecule has 0 atom stereocenters. The average Bonchev–Trinajstić information content (AvgIpc) is 2.77. The number of aromatic nitrogens is 2. The van der Waals surface area contributed by atoms with Crippen molar-refractivity contribution in [2.24, 2.45) is 0 Å². The van der Waals surface area contributed by atoms with Gasteiger partial charge in [0.15, 0.2) is 11.6 Å². The molecule has 0 radical (unpaired) electrons. The highest BCUT2D eigenvalue weighted by Crippen LogP contribution is 2.39. The molecule has 1 aromatic heterocycles. The van der Waals surface area contributed by atoms with E-state index >= 15 is 0 Å². The van der Waals surface area contributed by atoms with Gasteiger partial charge in [0.25, 0.3) is 0 Å². The van der Waals surface area contributed by atoms with Gasteiger partial charge in [-0.05, 0) is 31.7 Å². The van der Waals surface area contributed by atoms with Crippen molar-refractivity contribution in [3.8, 4) is 17.2 Å². The summed E-state index contributed by atoms with van der Waals surface area (Å²) in [5, 5.41) is 5.30. The fourth-order valence-electron chi connectivity index (χ4n) is 3.42. The number of carbonyl (C=O) groups excluding carboxylic acids is 1. The molecule has 1 aliphatic rings. The predicted molar refractivity (Wildman–Crippen MR) is 125 cm³/mol. The van der Waals surface area contributed by atoms with Crippen molar-refractivity contribution in [3.05, 3.63) is 28.9 Å². The Bertz CT molecular complexity index is 966. The van der Waals surface area contributed by atoms with Crippen LogP contribution in [0, 0.1) is 0 Å². The molecule has 2 heterocycles. The fourth-order valence-corrected chi connectivity index (χ4v) is 3.65. The van der Waals surface area contributed by atoms with Gasteiger partial charge < -0.3 is 30.1 Å². The van der Waals surface area contributed by atoms with Gasteiger partial charge in [0.1, 0.15) is 11.5 Å². The van der Waals surface area contributed by atoms with Crippen LogP contribution in [-0.4, -0.2) is 54.0 Å². The number of nitrogen functional groups attached to an aromatic ring is 1. The van der Waals surface area contributed by atoms with E-state index in [2.05, 4.69) is 15.3 Å². The maximum absolute atomic E-state index is 11.4. The molecule has 0 bridgehead atoms. The first-order chi connectivity index (χ1) is 15.8. The smallest absolute Gasteiger partial charge is 0.495 e. The van der Waals surface area contributed by atoms with Crippen molar-refractivity contribution in [2.45, 2.75) is 45.6 Å². The lowest BCUT2D eigenvalue weighted by Crippen LogP contribution is -2.40. The molecular formula is C22H30ClN5O5. The van der Waals surface area contributed by atoms with Crippen LogP contribution in [0.5, 0.6) is 17.2 Å². The largest absolute Gasteiger partial charge is 0.527 e. The lowest BCUT2D eigenvalue weighted by molar-refractivity contribution is -0.137. The third-order valence-corrected chi connectivity index (χ3v) is 5.46. The van der Waals surface area contributed by atoms with E-state index in [4.69, 9.17) is 36.4 Å². The molecule has 0 unspecified atom stereocenters. The number of hydrogen-bond acceptors (Lipinski definition) is 10. The Hall–Kier alpha value is -2.98. The van der Waals surface area contributed by atoms with Crippen LogP contribution in [0.25, 0.3) is 0 Å². The fraction of sp³-hybridized carbons (Fsp3) is 0.500. The zero-order valence-corrected chi connectivity index (χ0v) is 20.0. The monoisotopic (exact) mass is 479 g/mol. The molecule has 1 aromatic carbocycles. The quantitative estimate of drug-likeness (QED) is 0.519. The van der Waals surface area contributed by atoms with Crippen LogP contribution in [0.15, 0.2) is 18.3 Å². The summed E-state index contributed by atoms with van der Waals surface area (Å²) in [6.45, 7) is 7.25. The Morgan fingerprint density at radius 1 is 1.27 bits per heavy atom. The standard InChI is InChI=1S/C22H30ClN5O5/c1-5-31-22(29)33-28-8-6-14(7-9-28)26-21-25-12-19(20(24)27-21)32-17-11-16(23)18(30-4)10-15(17)13(2)3/h10-14H,5-9H2,1-4H3,(H3,24,25,26,27). The number of nitrogens with zero attached hydrogens (tertiary/aromatic N) is 3. The molecule has 33 heavy (non-hydrogen) atoms.